The first-order valence-corrected chi connectivity index (χ1v) is 7.93. The Hall–Kier alpha value is -1.68. The summed E-state index contributed by atoms with van der Waals surface area (Å²) in [7, 11) is 2.21. The van der Waals surface area contributed by atoms with Crippen LogP contribution in [0.1, 0.15) is 25.5 Å². The van der Waals surface area contributed by atoms with Crippen LogP contribution in [-0.2, 0) is 13.0 Å². The van der Waals surface area contributed by atoms with Crippen molar-refractivity contribution in [1.82, 2.24) is 19.7 Å². The van der Waals surface area contributed by atoms with E-state index in [4.69, 9.17) is 4.98 Å². The molecule has 4 heteroatoms. The van der Waals surface area contributed by atoms with Crippen molar-refractivity contribution in [2.75, 3.05) is 20.1 Å². The number of aromatic nitrogens is 3. The molecule has 0 bridgehead atoms. The highest BCUT2D eigenvalue weighted by molar-refractivity contribution is 5.54. The van der Waals surface area contributed by atoms with Crippen molar-refractivity contribution in [3.05, 3.63) is 36.2 Å². The van der Waals surface area contributed by atoms with Crippen LogP contribution in [-0.4, -0.2) is 39.8 Å². The van der Waals surface area contributed by atoms with Gasteiger partial charge in [-0.15, -0.1) is 0 Å². The average molecular weight is 284 g/mol. The van der Waals surface area contributed by atoms with Crippen molar-refractivity contribution in [1.29, 1.82) is 0 Å². The van der Waals surface area contributed by atoms with Crippen molar-refractivity contribution in [3.8, 4) is 11.4 Å². The normalized spacial score (nSPS) is 17.2. The fraction of sp³-hybridized carbons (Fsp3) is 0.529. The van der Waals surface area contributed by atoms with Crippen LogP contribution < -0.4 is 0 Å². The molecule has 112 valence electrons. The summed E-state index contributed by atoms with van der Waals surface area (Å²) in [5.74, 6) is 0.778. The van der Waals surface area contributed by atoms with Gasteiger partial charge in [0, 0.05) is 18.4 Å². The number of aryl methyl sites for hydroxylation is 1. The minimum Gasteiger partial charge on any atom is -0.306 e. The van der Waals surface area contributed by atoms with Gasteiger partial charge >= 0.3 is 0 Å². The molecule has 3 rings (SSSR count). The molecule has 1 aliphatic heterocycles. The number of hydrogen-bond donors (Lipinski definition) is 0. The second-order valence-corrected chi connectivity index (χ2v) is 6.00. The third-order valence-electron chi connectivity index (χ3n) is 4.42. The number of pyridine rings is 1. The molecule has 0 aliphatic carbocycles. The zero-order valence-corrected chi connectivity index (χ0v) is 13.0. The molecule has 0 radical (unpaired) electrons. The monoisotopic (exact) mass is 284 g/mol. The maximum atomic E-state index is 4.86. The van der Waals surface area contributed by atoms with E-state index >= 15 is 0 Å². The molecule has 1 fully saturated rings. The van der Waals surface area contributed by atoms with Crippen LogP contribution in [0.3, 0.4) is 0 Å². The standard InChI is InChI=1S/C17H24N4/c1-3-21-17(7-10-18-21)16-6-4-5-15(19-16)13-14-8-11-20(2)12-9-14/h4-7,10,14H,3,8-9,11-13H2,1-2H3. The highest BCUT2D eigenvalue weighted by Gasteiger charge is 2.17. The van der Waals surface area contributed by atoms with Crippen LogP contribution in [0, 0.1) is 5.92 Å². The van der Waals surface area contributed by atoms with E-state index in [0.29, 0.717) is 0 Å². The molecule has 0 amide bonds. The van der Waals surface area contributed by atoms with Crippen molar-refractivity contribution in [2.45, 2.75) is 32.7 Å². The lowest BCUT2D eigenvalue weighted by atomic mass is 9.92. The number of nitrogens with zero attached hydrogens (tertiary/aromatic N) is 4. The fourth-order valence-electron chi connectivity index (χ4n) is 3.10. The first kappa shape index (κ1) is 14.3. The molecule has 2 aromatic heterocycles. The Bertz CT molecular complexity index is 582. The molecule has 4 nitrogen and oxygen atoms in total. The van der Waals surface area contributed by atoms with Crippen LogP contribution in [0.15, 0.2) is 30.5 Å². The van der Waals surface area contributed by atoms with Crippen molar-refractivity contribution in [2.24, 2.45) is 5.92 Å². The molecule has 0 spiro atoms. The molecule has 0 atom stereocenters. The summed E-state index contributed by atoms with van der Waals surface area (Å²) in [5.41, 5.74) is 3.37. The lowest BCUT2D eigenvalue weighted by molar-refractivity contribution is 0.218. The highest BCUT2D eigenvalue weighted by Crippen LogP contribution is 2.22. The van der Waals surface area contributed by atoms with E-state index in [9.17, 15) is 0 Å². The third kappa shape index (κ3) is 3.32. The lowest BCUT2D eigenvalue weighted by Gasteiger charge is -2.28. The zero-order chi connectivity index (χ0) is 14.7. The summed E-state index contributed by atoms with van der Waals surface area (Å²) >= 11 is 0. The first-order chi connectivity index (χ1) is 10.3. The SMILES string of the molecule is CCn1nccc1-c1cccc(CC2CCN(C)CC2)n1. The topological polar surface area (TPSA) is 34.0 Å². The Morgan fingerprint density at radius 3 is 2.76 bits per heavy atom. The van der Waals surface area contributed by atoms with Crippen LogP contribution in [0.2, 0.25) is 0 Å². The van der Waals surface area contributed by atoms with Crippen LogP contribution in [0.5, 0.6) is 0 Å². The largest absolute Gasteiger partial charge is 0.306 e. The van der Waals surface area contributed by atoms with E-state index in [1.54, 1.807) is 0 Å². The van der Waals surface area contributed by atoms with E-state index in [1.165, 1.54) is 31.6 Å². The summed E-state index contributed by atoms with van der Waals surface area (Å²) in [6, 6.07) is 8.42. The molecule has 1 saturated heterocycles. The van der Waals surface area contributed by atoms with Gasteiger partial charge in [-0.2, -0.15) is 5.10 Å². The molecular weight excluding hydrogens is 260 g/mol. The minimum atomic E-state index is 0.778. The second-order valence-electron chi connectivity index (χ2n) is 6.00. The number of piperidine rings is 1. The van der Waals surface area contributed by atoms with Gasteiger partial charge in [0.15, 0.2) is 0 Å². The minimum absolute atomic E-state index is 0.778. The summed E-state index contributed by atoms with van der Waals surface area (Å²) in [6.07, 6.45) is 5.52. The van der Waals surface area contributed by atoms with E-state index in [0.717, 1.165) is 30.3 Å². The van der Waals surface area contributed by atoms with E-state index < -0.39 is 0 Å². The molecule has 3 heterocycles. The molecule has 21 heavy (non-hydrogen) atoms. The Labute approximate surface area is 126 Å². The maximum absolute atomic E-state index is 4.86. The third-order valence-corrected chi connectivity index (χ3v) is 4.42. The highest BCUT2D eigenvalue weighted by atomic mass is 15.3. The Morgan fingerprint density at radius 2 is 2.00 bits per heavy atom. The van der Waals surface area contributed by atoms with Gasteiger partial charge in [0.2, 0.25) is 0 Å². The Balaban J connectivity index is 1.74. The molecule has 0 N–H and O–H groups in total. The van der Waals surface area contributed by atoms with Gasteiger partial charge in [0.05, 0.1) is 11.4 Å². The van der Waals surface area contributed by atoms with E-state index in [2.05, 4.69) is 42.2 Å². The number of likely N-dealkylation sites (tertiary alicyclic amines) is 1. The van der Waals surface area contributed by atoms with Gasteiger partial charge < -0.3 is 4.90 Å². The Kier molecular flexibility index (Phi) is 4.34. The van der Waals surface area contributed by atoms with Crippen LogP contribution >= 0.6 is 0 Å². The molecule has 0 unspecified atom stereocenters. The van der Waals surface area contributed by atoms with E-state index in [1.807, 2.05) is 16.9 Å². The maximum Gasteiger partial charge on any atom is 0.0886 e. The number of rotatable bonds is 4. The van der Waals surface area contributed by atoms with Gasteiger partial charge in [0.1, 0.15) is 0 Å². The molecule has 0 saturated carbocycles. The number of hydrogen-bond acceptors (Lipinski definition) is 3. The van der Waals surface area contributed by atoms with Crippen molar-refractivity contribution >= 4 is 0 Å². The lowest BCUT2D eigenvalue weighted by Crippen LogP contribution is -2.31. The summed E-state index contributed by atoms with van der Waals surface area (Å²) in [6.45, 7) is 5.42. The molecule has 1 aliphatic rings. The molecular formula is C17H24N4. The van der Waals surface area contributed by atoms with Crippen LogP contribution in [0.4, 0.5) is 0 Å². The predicted molar refractivity (Wildman–Crippen MR) is 85.1 cm³/mol. The summed E-state index contributed by atoms with van der Waals surface area (Å²) < 4.78 is 2.00. The van der Waals surface area contributed by atoms with Crippen molar-refractivity contribution < 1.29 is 0 Å². The second kappa shape index (κ2) is 6.39. The summed E-state index contributed by atoms with van der Waals surface area (Å²) in [4.78, 5) is 7.28. The Morgan fingerprint density at radius 1 is 1.19 bits per heavy atom. The predicted octanol–water partition coefficient (Wildman–Crippen LogP) is 2.85. The fourth-order valence-corrected chi connectivity index (χ4v) is 3.10. The van der Waals surface area contributed by atoms with Gasteiger partial charge in [-0.25, -0.2) is 0 Å². The zero-order valence-electron chi connectivity index (χ0n) is 13.0. The van der Waals surface area contributed by atoms with Crippen molar-refractivity contribution in [3.63, 3.8) is 0 Å². The smallest absolute Gasteiger partial charge is 0.0886 e. The van der Waals surface area contributed by atoms with Crippen LogP contribution in [0.25, 0.3) is 11.4 Å². The average Bonchev–Trinajstić information content (AvgIpc) is 2.98. The van der Waals surface area contributed by atoms with Gasteiger partial charge in [-0.05, 0) is 70.4 Å². The first-order valence-electron chi connectivity index (χ1n) is 7.93. The summed E-state index contributed by atoms with van der Waals surface area (Å²) in [5, 5.41) is 4.34. The van der Waals surface area contributed by atoms with Gasteiger partial charge in [-0.1, -0.05) is 6.07 Å². The van der Waals surface area contributed by atoms with Gasteiger partial charge in [-0.3, -0.25) is 9.67 Å². The molecule has 0 aromatic carbocycles. The van der Waals surface area contributed by atoms with Gasteiger partial charge in [0.25, 0.3) is 0 Å². The quantitative estimate of drug-likeness (QED) is 0.865. The van der Waals surface area contributed by atoms with E-state index in [-0.39, 0.29) is 0 Å². The molecule has 2 aromatic rings.